The van der Waals surface area contributed by atoms with E-state index in [2.05, 4.69) is 25.9 Å². The van der Waals surface area contributed by atoms with E-state index in [0.29, 0.717) is 0 Å². The Morgan fingerprint density at radius 1 is 1.15 bits per heavy atom. The molecule has 0 atom stereocenters. The van der Waals surface area contributed by atoms with E-state index < -0.39 is 0 Å². The van der Waals surface area contributed by atoms with E-state index in [0.717, 1.165) is 54.3 Å². The maximum absolute atomic E-state index is 10.2. The summed E-state index contributed by atoms with van der Waals surface area (Å²) >= 11 is 0. The first-order valence-corrected chi connectivity index (χ1v) is 8.87. The van der Waals surface area contributed by atoms with Crippen LogP contribution >= 0.6 is 0 Å². The fourth-order valence-corrected chi connectivity index (χ4v) is 2.44. The summed E-state index contributed by atoms with van der Waals surface area (Å²) in [7, 11) is 1.71. The molecule has 0 saturated carbocycles. The maximum Gasteiger partial charge on any atom is 0.207 e. The second-order valence-corrected chi connectivity index (χ2v) is 7.04. The van der Waals surface area contributed by atoms with Crippen LogP contribution in [0.2, 0.25) is 0 Å². The molecule has 0 radical (unpaired) electrons. The summed E-state index contributed by atoms with van der Waals surface area (Å²) in [6.45, 7) is 7.68. The SMILES string of the molecule is COC(C)(C)C.O=CNCCCCn1cnc2cnc3ccccc3c21. The van der Waals surface area contributed by atoms with E-state index >= 15 is 0 Å². The Bertz CT molecular complexity index is 837. The molecule has 1 amide bonds. The van der Waals surface area contributed by atoms with Crippen molar-refractivity contribution in [3.05, 3.63) is 36.8 Å². The molecule has 0 aliphatic rings. The van der Waals surface area contributed by atoms with E-state index in [9.17, 15) is 4.79 Å². The van der Waals surface area contributed by atoms with Crippen molar-refractivity contribution in [1.82, 2.24) is 19.9 Å². The molecule has 6 heteroatoms. The number of aromatic nitrogens is 3. The first-order chi connectivity index (χ1) is 12.5. The Morgan fingerprint density at radius 2 is 1.88 bits per heavy atom. The summed E-state index contributed by atoms with van der Waals surface area (Å²) in [6.07, 6.45) is 6.39. The third-order valence-corrected chi connectivity index (χ3v) is 4.02. The Labute approximate surface area is 154 Å². The van der Waals surface area contributed by atoms with Crippen LogP contribution in [-0.2, 0) is 16.1 Å². The van der Waals surface area contributed by atoms with Crippen molar-refractivity contribution in [1.29, 1.82) is 0 Å². The van der Waals surface area contributed by atoms with E-state index in [-0.39, 0.29) is 5.60 Å². The number of amides is 1. The molecular weight excluding hydrogens is 328 g/mol. The fraction of sp³-hybridized carbons (Fsp3) is 0.450. The van der Waals surface area contributed by atoms with Gasteiger partial charge in [-0.2, -0.15) is 0 Å². The first kappa shape index (κ1) is 19.8. The van der Waals surface area contributed by atoms with Gasteiger partial charge in [-0.15, -0.1) is 0 Å². The molecule has 140 valence electrons. The lowest BCUT2D eigenvalue weighted by atomic mass is 10.2. The quantitative estimate of drug-likeness (QED) is 0.542. The average molecular weight is 356 g/mol. The number of para-hydroxylation sites is 1. The molecule has 26 heavy (non-hydrogen) atoms. The molecule has 2 heterocycles. The van der Waals surface area contributed by atoms with Gasteiger partial charge in [0.05, 0.1) is 29.2 Å². The molecule has 0 unspecified atom stereocenters. The number of hydrogen-bond donors (Lipinski definition) is 1. The van der Waals surface area contributed by atoms with Crippen molar-refractivity contribution >= 4 is 28.3 Å². The predicted octanol–water partition coefficient (Wildman–Crippen LogP) is 3.54. The summed E-state index contributed by atoms with van der Waals surface area (Å²) in [5, 5.41) is 3.81. The highest BCUT2D eigenvalue weighted by Crippen LogP contribution is 2.22. The third kappa shape index (κ3) is 5.52. The number of fused-ring (bicyclic) bond motifs is 3. The number of rotatable bonds is 6. The molecule has 1 N–H and O–H groups in total. The van der Waals surface area contributed by atoms with Crippen molar-refractivity contribution in [2.45, 2.75) is 45.8 Å². The van der Waals surface area contributed by atoms with Gasteiger partial charge in [0.25, 0.3) is 0 Å². The predicted molar refractivity (Wildman–Crippen MR) is 105 cm³/mol. The van der Waals surface area contributed by atoms with Crippen LogP contribution < -0.4 is 5.32 Å². The maximum atomic E-state index is 10.2. The highest BCUT2D eigenvalue weighted by atomic mass is 16.5. The Kier molecular flexibility index (Phi) is 7.09. The zero-order valence-electron chi connectivity index (χ0n) is 16.0. The van der Waals surface area contributed by atoms with Crippen LogP contribution in [0.3, 0.4) is 0 Å². The summed E-state index contributed by atoms with van der Waals surface area (Å²) in [6, 6.07) is 8.11. The number of hydrogen-bond acceptors (Lipinski definition) is 4. The molecule has 3 aromatic rings. The van der Waals surface area contributed by atoms with Crippen molar-refractivity contribution < 1.29 is 9.53 Å². The molecule has 2 aromatic heterocycles. The van der Waals surface area contributed by atoms with E-state index in [1.54, 1.807) is 7.11 Å². The van der Waals surface area contributed by atoms with Crippen LogP contribution in [0.1, 0.15) is 33.6 Å². The fourth-order valence-electron chi connectivity index (χ4n) is 2.44. The van der Waals surface area contributed by atoms with Gasteiger partial charge in [0.15, 0.2) is 0 Å². The van der Waals surface area contributed by atoms with Gasteiger partial charge in [0.1, 0.15) is 5.52 Å². The van der Waals surface area contributed by atoms with Gasteiger partial charge in [-0.25, -0.2) is 4.98 Å². The van der Waals surface area contributed by atoms with Crippen LogP contribution in [0, 0.1) is 0 Å². The molecule has 0 aliphatic heterocycles. The Morgan fingerprint density at radius 3 is 2.58 bits per heavy atom. The number of unbranched alkanes of at least 4 members (excludes halogenated alkanes) is 1. The second kappa shape index (κ2) is 9.29. The number of ether oxygens (including phenoxy) is 1. The van der Waals surface area contributed by atoms with E-state index in [1.807, 2.05) is 51.5 Å². The third-order valence-electron chi connectivity index (χ3n) is 4.02. The zero-order chi connectivity index (χ0) is 19.0. The van der Waals surface area contributed by atoms with Crippen LogP contribution in [0.4, 0.5) is 0 Å². The molecule has 0 aliphatic carbocycles. The molecule has 0 spiro atoms. The van der Waals surface area contributed by atoms with E-state index in [4.69, 9.17) is 4.74 Å². The van der Waals surface area contributed by atoms with Crippen molar-refractivity contribution in [2.24, 2.45) is 0 Å². The number of carbonyl (C=O) groups is 1. The molecule has 6 nitrogen and oxygen atoms in total. The van der Waals surface area contributed by atoms with E-state index in [1.165, 1.54) is 0 Å². The summed E-state index contributed by atoms with van der Waals surface area (Å²) in [4.78, 5) is 19.0. The average Bonchev–Trinajstić information content (AvgIpc) is 3.05. The highest BCUT2D eigenvalue weighted by molar-refractivity contribution is 6.01. The first-order valence-electron chi connectivity index (χ1n) is 8.87. The minimum atomic E-state index is 0.0417. The topological polar surface area (TPSA) is 69.0 Å². The molecule has 3 rings (SSSR count). The van der Waals surface area contributed by atoms with Gasteiger partial charge in [-0.3, -0.25) is 9.78 Å². The van der Waals surface area contributed by atoms with Gasteiger partial charge in [0.2, 0.25) is 6.41 Å². The van der Waals surface area contributed by atoms with Crippen molar-refractivity contribution in [2.75, 3.05) is 13.7 Å². The van der Waals surface area contributed by atoms with Crippen molar-refractivity contribution in [3.63, 3.8) is 0 Å². The summed E-state index contributed by atoms with van der Waals surface area (Å²) < 4.78 is 7.10. The normalized spacial score (nSPS) is 11.2. The number of nitrogens with zero attached hydrogens (tertiary/aromatic N) is 3. The molecule has 0 fully saturated rings. The van der Waals surface area contributed by atoms with Crippen LogP contribution in [0.5, 0.6) is 0 Å². The Hall–Kier alpha value is -2.47. The number of aryl methyl sites for hydroxylation is 1. The number of methoxy groups -OCH3 is 1. The zero-order valence-corrected chi connectivity index (χ0v) is 16.0. The molecular formula is C20H28N4O2. The van der Waals surface area contributed by atoms with Gasteiger partial charge >= 0.3 is 0 Å². The number of imidazole rings is 1. The van der Waals surface area contributed by atoms with Gasteiger partial charge in [-0.1, -0.05) is 18.2 Å². The Balaban J connectivity index is 0.000000352. The molecule has 0 bridgehead atoms. The lowest BCUT2D eigenvalue weighted by Crippen LogP contribution is -2.15. The van der Waals surface area contributed by atoms with Gasteiger partial charge in [0, 0.05) is 25.6 Å². The molecule has 1 aromatic carbocycles. The van der Waals surface area contributed by atoms with Crippen molar-refractivity contribution in [3.8, 4) is 0 Å². The monoisotopic (exact) mass is 356 g/mol. The largest absolute Gasteiger partial charge is 0.379 e. The lowest BCUT2D eigenvalue weighted by Gasteiger charge is -2.14. The summed E-state index contributed by atoms with van der Waals surface area (Å²) in [5.74, 6) is 0. The van der Waals surface area contributed by atoms with Crippen LogP contribution in [0.25, 0.3) is 21.9 Å². The van der Waals surface area contributed by atoms with Gasteiger partial charge in [-0.05, 0) is 39.7 Å². The highest BCUT2D eigenvalue weighted by Gasteiger charge is 2.07. The van der Waals surface area contributed by atoms with Gasteiger partial charge < -0.3 is 14.6 Å². The number of carbonyl (C=O) groups excluding carboxylic acids is 1. The van der Waals surface area contributed by atoms with Crippen LogP contribution in [0.15, 0.2) is 36.8 Å². The number of pyridine rings is 1. The second-order valence-electron chi connectivity index (χ2n) is 7.04. The number of nitrogens with one attached hydrogen (secondary N) is 1. The number of benzene rings is 1. The lowest BCUT2D eigenvalue weighted by molar-refractivity contribution is -0.109. The smallest absolute Gasteiger partial charge is 0.207 e. The standard InChI is InChI=1S/C15H16N4O.C5H12O/c20-11-16-7-3-4-8-19-10-18-14-9-17-13-6-2-1-5-12(13)15(14)19;1-5(2,3)6-4/h1-2,5-6,9-11H,3-4,7-8H2,(H,16,20);1-4H3. The minimum Gasteiger partial charge on any atom is -0.379 e. The minimum absolute atomic E-state index is 0.0417. The molecule has 0 saturated heterocycles. The summed E-state index contributed by atoms with van der Waals surface area (Å²) in [5.41, 5.74) is 3.10. The van der Waals surface area contributed by atoms with Crippen LogP contribution in [-0.4, -0.2) is 40.2 Å².